The number of hydrogen-bond donors (Lipinski definition) is 2. The van der Waals surface area contributed by atoms with Gasteiger partial charge in [-0.15, -0.1) is 0 Å². The summed E-state index contributed by atoms with van der Waals surface area (Å²) < 4.78 is 29.9. The Morgan fingerprint density at radius 3 is 2.44 bits per heavy atom. The highest BCUT2D eigenvalue weighted by molar-refractivity contribution is 7.91. The smallest absolute Gasteiger partial charge is 0.263 e. The van der Waals surface area contributed by atoms with E-state index in [-0.39, 0.29) is 10.0 Å². The molecule has 0 saturated carbocycles. The van der Waals surface area contributed by atoms with Crippen LogP contribution in [0, 0.1) is 6.92 Å². The molecule has 1 aromatic heterocycles. The Morgan fingerprint density at radius 2 is 1.68 bits per heavy atom. The summed E-state index contributed by atoms with van der Waals surface area (Å²) in [5, 5.41) is 7.87. The summed E-state index contributed by atoms with van der Waals surface area (Å²) in [5.41, 5.74) is 7.62. The lowest BCUT2D eigenvalue weighted by Gasteiger charge is -2.14. The normalized spacial score (nSPS) is 12.5. The Bertz CT molecular complexity index is 1460. The summed E-state index contributed by atoms with van der Waals surface area (Å²) in [5.74, 6) is 0. The van der Waals surface area contributed by atoms with E-state index in [1.165, 1.54) is 16.7 Å². The molecule has 0 radical (unpaired) electrons. The third kappa shape index (κ3) is 4.34. The Kier molecular flexibility index (Phi) is 5.93. The minimum atomic E-state index is -3.80. The van der Waals surface area contributed by atoms with Gasteiger partial charge in [0.1, 0.15) is 0 Å². The van der Waals surface area contributed by atoms with Gasteiger partial charge in [-0.1, -0.05) is 54.6 Å². The molecule has 172 valence electrons. The van der Waals surface area contributed by atoms with Gasteiger partial charge in [-0.2, -0.15) is 5.10 Å². The number of hydrogen-bond acceptors (Lipinski definition) is 4. The molecular formula is C26H24N4O2S2. The highest BCUT2D eigenvalue weighted by atomic mass is 32.2. The maximum absolute atomic E-state index is 12.8. The van der Waals surface area contributed by atoms with E-state index in [0.717, 1.165) is 35.5 Å². The summed E-state index contributed by atoms with van der Waals surface area (Å²) in [6.45, 7) is 2.50. The van der Waals surface area contributed by atoms with Crippen LogP contribution in [0.25, 0.3) is 16.9 Å². The van der Waals surface area contributed by atoms with Crippen LogP contribution >= 0.6 is 12.2 Å². The van der Waals surface area contributed by atoms with E-state index in [4.69, 9.17) is 17.3 Å². The van der Waals surface area contributed by atoms with Gasteiger partial charge in [0.25, 0.3) is 10.0 Å². The van der Waals surface area contributed by atoms with Gasteiger partial charge in [0.2, 0.25) is 0 Å². The summed E-state index contributed by atoms with van der Waals surface area (Å²) in [6.07, 6.45) is 1.94. The summed E-state index contributed by atoms with van der Waals surface area (Å²) in [4.78, 5) is 0.139. The largest absolute Gasteiger partial charge is 0.358 e. The van der Waals surface area contributed by atoms with E-state index in [1.807, 2.05) is 41.1 Å². The molecule has 8 heteroatoms. The van der Waals surface area contributed by atoms with Crippen molar-refractivity contribution in [2.45, 2.75) is 31.2 Å². The Morgan fingerprint density at radius 1 is 0.971 bits per heavy atom. The molecule has 1 aliphatic rings. The van der Waals surface area contributed by atoms with Crippen molar-refractivity contribution in [3.8, 4) is 16.9 Å². The Labute approximate surface area is 204 Å². The highest BCUT2D eigenvalue weighted by Crippen LogP contribution is 2.35. The van der Waals surface area contributed by atoms with Crippen molar-refractivity contribution >= 4 is 27.4 Å². The van der Waals surface area contributed by atoms with Crippen LogP contribution in [0.4, 0.5) is 0 Å². The molecule has 4 aromatic rings. The minimum Gasteiger partial charge on any atom is -0.358 e. The van der Waals surface area contributed by atoms with Gasteiger partial charge in [-0.05, 0) is 67.4 Å². The van der Waals surface area contributed by atoms with E-state index in [2.05, 4.69) is 35.2 Å². The number of benzene rings is 3. The van der Waals surface area contributed by atoms with Gasteiger partial charge in [0.05, 0.1) is 16.3 Å². The molecule has 1 aliphatic carbocycles. The van der Waals surface area contributed by atoms with Crippen molar-refractivity contribution in [3.63, 3.8) is 0 Å². The van der Waals surface area contributed by atoms with E-state index >= 15 is 0 Å². The molecule has 0 aliphatic heterocycles. The molecule has 2 N–H and O–H groups in total. The lowest BCUT2D eigenvalue weighted by atomic mass is 9.89. The molecule has 0 saturated heterocycles. The number of nitrogens with one attached hydrogen (secondary N) is 2. The lowest BCUT2D eigenvalue weighted by Crippen LogP contribution is -2.38. The summed E-state index contributed by atoms with van der Waals surface area (Å²) in [7, 11) is -3.80. The van der Waals surface area contributed by atoms with Crippen molar-refractivity contribution < 1.29 is 8.42 Å². The standard InChI is InChI=1S/C26H24N4O2S2/c1-18-23-16-11-20-9-5-6-10-24(20)25(23)28-30(18)21-12-14-22(15-13-21)34(31,32)29-26(33)27-17-19-7-3-2-4-8-19/h2-10,12-15H,11,16-17H2,1H3,(H2,27,29,33). The van der Waals surface area contributed by atoms with Crippen molar-refractivity contribution in [2.75, 3.05) is 0 Å². The average Bonchev–Trinajstić information content (AvgIpc) is 3.20. The van der Waals surface area contributed by atoms with Crippen LogP contribution in [0.3, 0.4) is 0 Å². The first-order valence-electron chi connectivity index (χ1n) is 11.0. The molecule has 5 rings (SSSR count). The number of nitrogens with zero attached hydrogens (tertiary/aromatic N) is 2. The van der Waals surface area contributed by atoms with Crippen molar-refractivity contribution in [1.82, 2.24) is 19.8 Å². The van der Waals surface area contributed by atoms with E-state index in [1.54, 1.807) is 24.3 Å². The van der Waals surface area contributed by atoms with E-state index < -0.39 is 10.0 Å². The van der Waals surface area contributed by atoms with Gasteiger partial charge < -0.3 is 5.32 Å². The Hall–Kier alpha value is -3.49. The van der Waals surface area contributed by atoms with Crippen molar-refractivity contribution in [3.05, 3.63) is 101 Å². The molecular weight excluding hydrogens is 464 g/mol. The van der Waals surface area contributed by atoms with Crippen LogP contribution in [0.2, 0.25) is 0 Å². The zero-order valence-electron chi connectivity index (χ0n) is 18.7. The molecule has 0 unspecified atom stereocenters. The summed E-state index contributed by atoms with van der Waals surface area (Å²) in [6, 6.07) is 24.7. The number of aryl methyl sites for hydroxylation is 1. The van der Waals surface area contributed by atoms with Gasteiger partial charge in [0, 0.05) is 23.4 Å². The fraction of sp³-hybridized carbons (Fsp3) is 0.154. The van der Waals surface area contributed by atoms with Crippen LogP contribution in [-0.2, 0) is 29.4 Å². The lowest BCUT2D eigenvalue weighted by molar-refractivity contribution is 0.592. The third-order valence-corrected chi connectivity index (χ3v) is 7.81. The number of thiocarbonyl (C=S) groups is 1. The molecule has 34 heavy (non-hydrogen) atoms. The molecule has 0 spiro atoms. The van der Waals surface area contributed by atoms with Crippen LogP contribution in [0.5, 0.6) is 0 Å². The second kappa shape index (κ2) is 9.04. The zero-order valence-corrected chi connectivity index (χ0v) is 20.3. The third-order valence-electron chi connectivity index (χ3n) is 6.07. The predicted octanol–water partition coefficient (Wildman–Crippen LogP) is 4.30. The fourth-order valence-corrected chi connectivity index (χ4v) is 5.62. The second-order valence-electron chi connectivity index (χ2n) is 8.25. The van der Waals surface area contributed by atoms with Crippen LogP contribution < -0.4 is 10.0 Å². The quantitative estimate of drug-likeness (QED) is 0.410. The average molecular weight is 489 g/mol. The van der Waals surface area contributed by atoms with Gasteiger partial charge in [-0.25, -0.2) is 13.1 Å². The molecule has 0 bridgehead atoms. The Balaban J connectivity index is 1.33. The molecule has 6 nitrogen and oxygen atoms in total. The van der Waals surface area contributed by atoms with Gasteiger partial charge in [-0.3, -0.25) is 4.72 Å². The number of fused-ring (bicyclic) bond motifs is 3. The SMILES string of the molecule is Cc1c2c(nn1-c1ccc(S(=O)(=O)NC(=S)NCc3ccccc3)cc1)-c1ccccc1CC2. The summed E-state index contributed by atoms with van der Waals surface area (Å²) >= 11 is 5.19. The van der Waals surface area contributed by atoms with Crippen LogP contribution in [-0.4, -0.2) is 23.3 Å². The monoisotopic (exact) mass is 488 g/mol. The predicted molar refractivity (Wildman–Crippen MR) is 137 cm³/mol. The van der Waals surface area contributed by atoms with Crippen molar-refractivity contribution in [1.29, 1.82) is 0 Å². The molecule has 3 aromatic carbocycles. The molecule has 0 fully saturated rings. The van der Waals surface area contributed by atoms with E-state index in [9.17, 15) is 8.42 Å². The molecule has 0 amide bonds. The maximum atomic E-state index is 12.8. The molecule has 0 atom stereocenters. The van der Waals surface area contributed by atoms with Crippen molar-refractivity contribution in [2.24, 2.45) is 0 Å². The number of aromatic nitrogens is 2. The van der Waals surface area contributed by atoms with E-state index in [0.29, 0.717) is 6.54 Å². The first kappa shape index (κ1) is 22.3. The van der Waals surface area contributed by atoms with Crippen LogP contribution in [0.15, 0.2) is 83.8 Å². The number of sulfonamides is 1. The maximum Gasteiger partial charge on any atom is 0.263 e. The topological polar surface area (TPSA) is 76.0 Å². The highest BCUT2D eigenvalue weighted by Gasteiger charge is 2.23. The second-order valence-corrected chi connectivity index (χ2v) is 10.3. The molecule has 1 heterocycles. The fourth-order valence-electron chi connectivity index (χ4n) is 4.29. The minimum absolute atomic E-state index is 0.0576. The first-order valence-corrected chi connectivity index (χ1v) is 12.9. The van der Waals surface area contributed by atoms with Crippen LogP contribution in [0.1, 0.15) is 22.4 Å². The van der Waals surface area contributed by atoms with Gasteiger partial charge >= 0.3 is 0 Å². The zero-order chi connectivity index (χ0) is 23.7. The first-order chi connectivity index (χ1) is 16.4. The number of rotatable bonds is 5. The van der Waals surface area contributed by atoms with Gasteiger partial charge in [0.15, 0.2) is 5.11 Å².